The van der Waals surface area contributed by atoms with Crippen LogP contribution in [0.2, 0.25) is 0 Å². The molecule has 0 radical (unpaired) electrons. The van der Waals surface area contributed by atoms with Crippen molar-refractivity contribution in [2.75, 3.05) is 0 Å². The van der Waals surface area contributed by atoms with Gasteiger partial charge in [-0.1, -0.05) is 55.4 Å². The number of aromatic nitrogens is 4. The van der Waals surface area contributed by atoms with Gasteiger partial charge in [0.05, 0.1) is 33.5 Å². The molecule has 7 heterocycles. The van der Waals surface area contributed by atoms with Crippen LogP contribution in [0.1, 0.15) is 129 Å². The lowest BCUT2D eigenvalue weighted by Gasteiger charge is -2.34. The number of hydrogen-bond acceptors (Lipinski definition) is 0. The lowest BCUT2D eigenvalue weighted by molar-refractivity contribution is 0.336. The van der Waals surface area contributed by atoms with E-state index in [4.69, 9.17) is 0 Å². The van der Waals surface area contributed by atoms with E-state index in [0.717, 1.165) is 51.4 Å². The van der Waals surface area contributed by atoms with Crippen molar-refractivity contribution in [2.24, 2.45) is 0 Å². The first kappa shape index (κ1) is 27.8. The van der Waals surface area contributed by atoms with Gasteiger partial charge in [0.15, 0.2) is 6.29 Å². The molecule has 0 aromatic carbocycles. The summed E-state index contributed by atoms with van der Waals surface area (Å²) >= 11 is 0. The molecule has 1 atom stereocenters. The second-order valence-corrected chi connectivity index (χ2v) is 12.7. The molecule has 5 heteroatoms. The van der Waals surface area contributed by atoms with Crippen molar-refractivity contribution in [3.05, 3.63) is 88.7 Å². The van der Waals surface area contributed by atoms with Gasteiger partial charge >= 0.3 is 0 Å². The van der Waals surface area contributed by atoms with Gasteiger partial charge in [-0.05, 0) is 130 Å². The van der Waals surface area contributed by atoms with Crippen LogP contribution in [0.4, 0.5) is 0 Å². The second-order valence-electron chi connectivity index (χ2n) is 12.1. The molecule has 4 aromatic rings. The molecule has 0 spiro atoms. The Labute approximate surface area is 253 Å². The number of rotatable bonds is 8. The smallest absolute Gasteiger partial charge is 0.194 e. The third-order valence-electron chi connectivity index (χ3n) is 10.6. The zero-order chi connectivity index (χ0) is 29.6. The van der Waals surface area contributed by atoms with Gasteiger partial charge in [0.2, 0.25) is 0 Å². The predicted molar refractivity (Wildman–Crippen MR) is 180 cm³/mol. The lowest BCUT2D eigenvalue weighted by atomic mass is 10.0. The van der Waals surface area contributed by atoms with Crippen LogP contribution in [0, 0.1) is 0 Å². The number of nitrogens with zero attached hydrogens (tertiary/aromatic N) is 4. The summed E-state index contributed by atoms with van der Waals surface area (Å²) in [5.74, 6) is 0. The Kier molecular flexibility index (Phi) is 6.66. The Morgan fingerprint density at radius 2 is 0.667 bits per heavy atom. The molecule has 0 amide bonds. The third-order valence-corrected chi connectivity index (χ3v) is 11.2. The van der Waals surface area contributed by atoms with Crippen LogP contribution in [0.3, 0.4) is 0 Å². The SMILES string of the molecule is CCc1c(CC)c2n3c1C=c1c(CC)c(CC)c4n1C3n1c(c(CC)c(CC)c1/C=c1/c(CC)c(CC)/c(n1P)=C/2)C=4. The predicted octanol–water partition coefficient (Wildman–Crippen LogP) is 4.84. The fourth-order valence-corrected chi connectivity index (χ4v) is 9.40. The van der Waals surface area contributed by atoms with Crippen molar-refractivity contribution in [1.29, 1.82) is 0 Å². The molecule has 1 unspecified atom stereocenters. The fourth-order valence-electron chi connectivity index (χ4n) is 8.94. The summed E-state index contributed by atoms with van der Waals surface area (Å²) in [5, 5.41) is 5.55. The largest absolute Gasteiger partial charge is 0.325 e. The Hall–Kier alpha value is -2.97. The van der Waals surface area contributed by atoms with Crippen LogP contribution >= 0.6 is 9.39 Å². The van der Waals surface area contributed by atoms with Crippen LogP contribution in [-0.4, -0.2) is 18.0 Å². The highest BCUT2D eigenvalue weighted by atomic mass is 31.0. The quantitative estimate of drug-likeness (QED) is 0.230. The summed E-state index contributed by atoms with van der Waals surface area (Å²) in [6.07, 6.45) is 18.6. The zero-order valence-electron chi connectivity index (χ0n) is 26.9. The summed E-state index contributed by atoms with van der Waals surface area (Å²) in [6.45, 7) is 18.8. The average molecular weight is 579 g/mol. The maximum atomic E-state index is 3.10. The van der Waals surface area contributed by atoms with Gasteiger partial charge in [-0.2, -0.15) is 0 Å². The van der Waals surface area contributed by atoms with Crippen molar-refractivity contribution >= 4 is 33.7 Å². The van der Waals surface area contributed by atoms with Crippen LogP contribution < -0.4 is 21.4 Å². The molecule has 0 saturated heterocycles. The van der Waals surface area contributed by atoms with E-state index in [1.165, 1.54) is 88.7 Å². The monoisotopic (exact) mass is 578 g/mol. The summed E-state index contributed by atoms with van der Waals surface area (Å²) < 4.78 is 10.6. The number of hydrogen-bond donors (Lipinski definition) is 0. The molecular formula is C37H47N4P. The Morgan fingerprint density at radius 3 is 0.952 bits per heavy atom. The normalized spacial score (nSPS) is 15.9. The Morgan fingerprint density at radius 1 is 0.405 bits per heavy atom. The van der Waals surface area contributed by atoms with Crippen LogP contribution in [0.5, 0.6) is 0 Å². The van der Waals surface area contributed by atoms with Crippen LogP contribution in [0.25, 0.3) is 24.3 Å². The van der Waals surface area contributed by atoms with Crippen molar-refractivity contribution in [3.8, 4) is 0 Å². The highest BCUT2D eigenvalue weighted by Crippen LogP contribution is 2.39. The minimum Gasteiger partial charge on any atom is -0.325 e. The highest BCUT2D eigenvalue weighted by Gasteiger charge is 2.37. The molecule has 0 aliphatic carbocycles. The van der Waals surface area contributed by atoms with E-state index in [2.05, 4.69) is 107 Å². The highest BCUT2D eigenvalue weighted by molar-refractivity contribution is 7.14. The van der Waals surface area contributed by atoms with E-state index < -0.39 is 0 Å². The average Bonchev–Trinajstić information content (AvgIpc) is 3.67. The van der Waals surface area contributed by atoms with E-state index in [9.17, 15) is 0 Å². The molecule has 0 saturated carbocycles. The maximum Gasteiger partial charge on any atom is 0.194 e. The Bertz CT molecular complexity index is 1890. The molecule has 4 nitrogen and oxygen atoms in total. The van der Waals surface area contributed by atoms with Crippen LogP contribution in [-0.2, 0) is 51.4 Å². The molecule has 3 aliphatic rings. The molecule has 42 heavy (non-hydrogen) atoms. The number of fused-ring (bicyclic) bond motifs is 2. The van der Waals surface area contributed by atoms with Gasteiger partial charge in [0.25, 0.3) is 0 Å². The van der Waals surface area contributed by atoms with Gasteiger partial charge in [-0.25, -0.2) is 0 Å². The molecule has 0 fully saturated rings. The molecular weight excluding hydrogens is 531 g/mol. The Balaban J connectivity index is 1.83. The first-order valence-electron chi connectivity index (χ1n) is 16.6. The molecule has 2 bridgehead atoms. The first-order chi connectivity index (χ1) is 20.4. The summed E-state index contributed by atoms with van der Waals surface area (Å²) in [6, 6.07) is 0. The summed E-state index contributed by atoms with van der Waals surface area (Å²) in [4.78, 5) is 0. The van der Waals surface area contributed by atoms with Crippen LogP contribution in [0.15, 0.2) is 0 Å². The second kappa shape index (κ2) is 10.1. The molecule has 7 rings (SSSR count). The topological polar surface area (TPSA) is 19.7 Å². The standard InChI is InChI=1S/C37H47N4P/c1-9-21-22(10-2)30-18-32-24(12-4)26(14-6)34-20-36-28(16-8)27(15-7)35(41(36)42)19-33-25(13-5)23(11-3)31-17-29(21)38(30)37(39(31)33)40(32)34/h17-20,37H,9-16,42H2,1-8H3/b33-19?,34-20?,35-19-,36-20-. The van der Waals surface area contributed by atoms with Gasteiger partial charge in [0.1, 0.15) is 0 Å². The molecule has 0 N–H and O–H groups in total. The van der Waals surface area contributed by atoms with E-state index >= 15 is 0 Å². The minimum absolute atomic E-state index is 0.0566. The van der Waals surface area contributed by atoms with E-state index in [0.29, 0.717) is 0 Å². The van der Waals surface area contributed by atoms with Crippen molar-refractivity contribution in [3.63, 3.8) is 0 Å². The van der Waals surface area contributed by atoms with Gasteiger partial charge in [-0.3, -0.25) is 0 Å². The summed E-state index contributed by atoms with van der Waals surface area (Å²) in [5.41, 5.74) is 17.7. The van der Waals surface area contributed by atoms with Crippen molar-refractivity contribution < 1.29 is 0 Å². The van der Waals surface area contributed by atoms with Crippen molar-refractivity contribution in [1.82, 2.24) is 18.0 Å². The third kappa shape index (κ3) is 3.28. The molecule has 220 valence electrons. The molecule has 3 aliphatic heterocycles. The lowest BCUT2D eigenvalue weighted by Crippen LogP contribution is -2.46. The zero-order valence-corrected chi connectivity index (χ0v) is 28.1. The van der Waals surface area contributed by atoms with E-state index in [1.54, 1.807) is 0 Å². The fraction of sp³-hybridized carbons (Fsp3) is 0.459. The molecule has 4 aromatic heterocycles. The van der Waals surface area contributed by atoms with Crippen molar-refractivity contribution in [2.45, 2.75) is 113 Å². The van der Waals surface area contributed by atoms with Gasteiger partial charge < -0.3 is 18.0 Å². The van der Waals surface area contributed by atoms with Gasteiger partial charge in [0, 0.05) is 10.7 Å². The van der Waals surface area contributed by atoms with E-state index in [-0.39, 0.29) is 6.29 Å². The summed E-state index contributed by atoms with van der Waals surface area (Å²) in [7, 11) is 3.10. The van der Waals surface area contributed by atoms with E-state index in [1.807, 2.05) is 0 Å². The van der Waals surface area contributed by atoms with Gasteiger partial charge in [-0.15, -0.1) is 0 Å². The maximum absolute atomic E-state index is 3.10. The first-order valence-corrected chi connectivity index (χ1v) is 17.1. The minimum atomic E-state index is 0.0566.